The van der Waals surface area contributed by atoms with E-state index in [0.29, 0.717) is 24.6 Å². The highest BCUT2D eigenvalue weighted by Gasteiger charge is 2.25. The van der Waals surface area contributed by atoms with Gasteiger partial charge in [-0.05, 0) is 20.9 Å². The third-order valence-corrected chi connectivity index (χ3v) is 3.96. The van der Waals surface area contributed by atoms with Crippen LogP contribution in [0.5, 0.6) is 0 Å². The summed E-state index contributed by atoms with van der Waals surface area (Å²) in [5, 5.41) is 7.39. The van der Waals surface area contributed by atoms with Gasteiger partial charge < -0.3 is 14.7 Å². The third kappa shape index (κ3) is 4.01. The van der Waals surface area contributed by atoms with Crippen LogP contribution in [0.1, 0.15) is 38.0 Å². The van der Waals surface area contributed by atoms with Crippen molar-refractivity contribution in [3.05, 3.63) is 11.7 Å². The number of nitrogens with zero attached hydrogens (tertiary/aromatic N) is 4. The Bertz CT molecular complexity index is 458. The Labute approximate surface area is 125 Å². The van der Waals surface area contributed by atoms with Crippen LogP contribution in [0, 0.1) is 0 Å². The molecule has 7 nitrogen and oxygen atoms in total. The van der Waals surface area contributed by atoms with Crippen LogP contribution in [0.2, 0.25) is 0 Å². The first-order valence-electron chi connectivity index (χ1n) is 7.66. The molecule has 7 heteroatoms. The van der Waals surface area contributed by atoms with E-state index < -0.39 is 0 Å². The van der Waals surface area contributed by atoms with Crippen molar-refractivity contribution < 1.29 is 9.32 Å². The van der Waals surface area contributed by atoms with Crippen molar-refractivity contribution in [2.24, 2.45) is 0 Å². The minimum atomic E-state index is 0.135. The van der Waals surface area contributed by atoms with Crippen LogP contribution in [0.3, 0.4) is 0 Å². The fourth-order valence-corrected chi connectivity index (χ4v) is 2.55. The lowest BCUT2D eigenvalue weighted by Crippen LogP contribution is -2.44. The number of carbonyl (C=O) groups excluding carboxylic acids is 1. The normalized spacial score (nSPS) is 19.7. The highest BCUT2D eigenvalue weighted by atomic mass is 16.5. The molecule has 0 bridgehead atoms. The molecule has 1 unspecified atom stereocenters. The van der Waals surface area contributed by atoms with E-state index in [4.69, 9.17) is 4.52 Å². The van der Waals surface area contributed by atoms with E-state index >= 15 is 0 Å². The fraction of sp³-hybridized carbons (Fsp3) is 0.786. The number of aryl methyl sites for hydroxylation is 1. The molecule has 1 N–H and O–H groups in total. The van der Waals surface area contributed by atoms with Crippen molar-refractivity contribution in [3.8, 4) is 0 Å². The molecule has 0 aliphatic carbocycles. The van der Waals surface area contributed by atoms with E-state index in [2.05, 4.69) is 27.4 Å². The second kappa shape index (κ2) is 7.51. The topological polar surface area (TPSA) is 74.5 Å². The van der Waals surface area contributed by atoms with E-state index in [1.807, 2.05) is 18.7 Å². The smallest absolute Gasteiger partial charge is 0.227 e. The summed E-state index contributed by atoms with van der Waals surface area (Å²) in [4.78, 5) is 20.4. The number of amides is 1. The first-order valence-corrected chi connectivity index (χ1v) is 7.66. The van der Waals surface area contributed by atoms with Gasteiger partial charge in [0.15, 0.2) is 5.82 Å². The van der Waals surface area contributed by atoms with Gasteiger partial charge in [0, 0.05) is 45.6 Å². The van der Waals surface area contributed by atoms with E-state index in [-0.39, 0.29) is 11.9 Å². The number of rotatable bonds is 6. The van der Waals surface area contributed by atoms with Crippen LogP contribution in [0.15, 0.2) is 4.52 Å². The van der Waals surface area contributed by atoms with Crippen LogP contribution in [-0.2, 0) is 11.2 Å². The Morgan fingerprint density at radius 1 is 1.48 bits per heavy atom. The molecule has 0 aromatic carbocycles. The van der Waals surface area contributed by atoms with Crippen LogP contribution in [-0.4, -0.2) is 65.6 Å². The zero-order chi connectivity index (χ0) is 15.2. The largest absolute Gasteiger partial charge is 0.343 e. The van der Waals surface area contributed by atoms with Crippen molar-refractivity contribution in [2.45, 2.75) is 32.7 Å². The van der Waals surface area contributed by atoms with Crippen molar-refractivity contribution in [1.29, 1.82) is 0 Å². The molecule has 0 radical (unpaired) electrons. The van der Waals surface area contributed by atoms with Crippen LogP contribution >= 0.6 is 0 Å². The highest BCUT2D eigenvalue weighted by Crippen LogP contribution is 2.17. The zero-order valence-electron chi connectivity index (χ0n) is 13.1. The van der Waals surface area contributed by atoms with Crippen molar-refractivity contribution in [1.82, 2.24) is 25.3 Å². The maximum atomic E-state index is 12.0. The third-order valence-electron chi connectivity index (χ3n) is 3.96. The molecule has 21 heavy (non-hydrogen) atoms. The molecule has 1 aliphatic rings. The summed E-state index contributed by atoms with van der Waals surface area (Å²) in [6.07, 6.45) is 0.925. The number of aromatic nitrogens is 2. The first-order chi connectivity index (χ1) is 10.2. The molecule has 1 aromatic heterocycles. The van der Waals surface area contributed by atoms with E-state index in [0.717, 1.165) is 32.7 Å². The van der Waals surface area contributed by atoms with Gasteiger partial charge in [0.1, 0.15) is 0 Å². The number of carbonyl (C=O) groups is 1. The molecule has 2 heterocycles. The molecule has 2 rings (SSSR count). The molecule has 1 aromatic rings. The summed E-state index contributed by atoms with van der Waals surface area (Å²) in [5.74, 6) is 1.38. The molecule has 1 fully saturated rings. The minimum Gasteiger partial charge on any atom is -0.343 e. The Hall–Kier alpha value is -1.47. The second-order valence-electron chi connectivity index (χ2n) is 5.31. The Balaban J connectivity index is 1.89. The summed E-state index contributed by atoms with van der Waals surface area (Å²) in [7, 11) is 2.06. The van der Waals surface area contributed by atoms with Crippen molar-refractivity contribution >= 4 is 5.91 Å². The van der Waals surface area contributed by atoms with E-state index in [1.54, 1.807) is 0 Å². The van der Waals surface area contributed by atoms with Gasteiger partial charge in [-0.3, -0.25) is 9.69 Å². The fourth-order valence-electron chi connectivity index (χ4n) is 2.55. The minimum absolute atomic E-state index is 0.135. The number of likely N-dealkylation sites (N-methyl/N-ethyl adjacent to an activating group) is 1. The van der Waals surface area contributed by atoms with Crippen LogP contribution < -0.4 is 5.32 Å². The molecule has 0 saturated carbocycles. The van der Waals surface area contributed by atoms with Gasteiger partial charge in [-0.2, -0.15) is 4.98 Å². The molecule has 1 aliphatic heterocycles. The standard InChI is InChI=1S/C14H25N5O2/c1-4-19(5-2)13(20)7-6-12-16-14(17-21-12)11-10-15-8-9-18(11)3/h11,15H,4-10H2,1-3H3. The molecular formula is C14H25N5O2. The van der Waals surface area contributed by atoms with Crippen LogP contribution in [0.25, 0.3) is 0 Å². The molecule has 1 amide bonds. The number of nitrogens with one attached hydrogen (secondary N) is 1. The van der Waals surface area contributed by atoms with Gasteiger partial charge in [-0.25, -0.2) is 0 Å². The Morgan fingerprint density at radius 3 is 2.90 bits per heavy atom. The SMILES string of the molecule is CCN(CC)C(=O)CCc1nc(C2CNCCN2C)no1. The van der Waals surface area contributed by atoms with Gasteiger partial charge >= 0.3 is 0 Å². The summed E-state index contributed by atoms with van der Waals surface area (Å²) in [6, 6.07) is 0.148. The molecule has 1 atom stereocenters. The lowest BCUT2D eigenvalue weighted by atomic mass is 10.2. The molecule has 0 spiro atoms. The van der Waals surface area contributed by atoms with Gasteiger partial charge in [-0.15, -0.1) is 0 Å². The predicted molar refractivity (Wildman–Crippen MR) is 78.8 cm³/mol. The zero-order valence-corrected chi connectivity index (χ0v) is 13.1. The Kier molecular flexibility index (Phi) is 5.69. The van der Waals surface area contributed by atoms with Gasteiger partial charge in [-0.1, -0.05) is 5.16 Å². The van der Waals surface area contributed by atoms with Crippen molar-refractivity contribution in [2.75, 3.05) is 39.8 Å². The predicted octanol–water partition coefficient (Wildman–Crippen LogP) is 0.447. The van der Waals surface area contributed by atoms with Crippen molar-refractivity contribution in [3.63, 3.8) is 0 Å². The monoisotopic (exact) mass is 295 g/mol. The summed E-state index contributed by atoms with van der Waals surface area (Å²) < 4.78 is 5.28. The number of hydrogen-bond acceptors (Lipinski definition) is 6. The second-order valence-corrected chi connectivity index (χ2v) is 5.31. The maximum absolute atomic E-state index is 12.0. The first kappa shape index (κ1) is 15.9. The highest BCUT2D eigenvalue weighted by molar-refractivity contribution is 5.76. The lowest BCUT2D eigenvalue weighted by molar-refractivity contribution is -0.130. The Morgan fingerprint density at radius 2 is 2.24 bits per heavy atom. The van der Waals surface area contributed by atoms with Gasteiger partial charge in [0.05, 0.1) is 6.04 Å². The van der Waals surface area contributed by atoms with Gasteiger partial charge in [0.25, 0.3) is 0 Å². The quantitative estimate of drug-likeness (QED) is 0.821. The molecular weight excluding hydrogens is 270 g/mol. The van der Waals surface area contributed by atoms with Crippen LogP contribution in [0.4, 0.5) is 0 Å². The molecule has 1 saturated heterocycles. The van der Waals surface area contributed by atoms with Gasteiger partial charge in [0.2, 0.25) is 11.8 Å². The lowest BCUT2D eigenvalue weighted by Gasteiger charge is -2.30. The summed E-state index contributed by atoms with van der Waals surface area (Å²) in [6.45, 7) is 8.22. The van der Waals surface area contributed by atoms with E-state index in [9.17, 15) is 4.79 Å². The maximum Gasteiger partial charge on any atom is 0.227 e. The number of piperazine rings is 1. The number of hydrogen-bond donors (Lipinski definition) is 1. The average molecular weight is 295 g/mol. The summed E-state index contributed by atoms with van der Waals surface area (Å²) >= 11 is 0. The molecule has 118 valence electrons. The average Bonchev–Trinajstić information content (AvgIpc) is 2.95. The summed E-state index contributed by atoms with van der Waals surface area (Å²) in [5.41, 5.74) is 0. The van der Waals surface area contributed by atoms with E-state index in [1.165, 1.54) is 0 Å².